The van der Waals surface area contributed by atoms with Crippen LogP contribution >= 0.6 is 0 Å². The molecule has 1 rings (SSSR count). The van der Waals surface area contributed by atoms with Gasteiger partial charge in [0.15, 0.2) is 0 Å². The van der Waals surface area contributed by atoms with E-state index in [1.807, 2.05) is 6.92 Å². The Labute approximate surface area is 84.0 Å². The van der Waals surface area contributed by atoms with Crippen LogP contribution < -0.4 is 5.32 Å². The number of hydrogen-bond donors (Lipinski definition) is 2. The van der Waals surface area contributed by atoms with E-state index in [4.69, 9.17) is 10.4 Å². The first-order chi connectivity index (χ1) is 6.76. The summed E-state index contributed by atoms with van der Waals surface area (Å²) in [5, 5.41) is 20.9. The van der Waals surface area contributed by atoms with Crippen molar-refractivity contribution in [2.45, 2.75) is 25.8 Å². The molecule has 1 aromatic carbocycles. The van der Waals surface area contributed by atoms with E-state index in [9.17, 15) is 0 Å². The molecule has 0 aliphatic rings. The summed E-state index contributed by atoms with van der Waals surface area (Å²) in [5.74, 6) is 0.254. The molecular weight excluding hydrogens is 176 g/mol. The zero-order valence-corrected chi connectivity index (χ0v) is 8.20. The molecule has 3 heteroatoms. The highest BCUT2D eigenvalue weighted by atomic mass is 16.3. The van der Waals surface area contributed by atoms with Crippen molar-refractivity contribution in [3.63, 3.8) is 0 Å². The topological polar surface area (TPSA) is 56.0 Å². The molecule has 0 bridgehead atoms. The van der Waals surface area contributed by atoms with E-state index in [0.717, 1.165) is 12.1 Å². The largest absolute Gasteiger partial charge is 0.508 e. The van der Waals surface area contributed by atoms with Crippen molar-refractivity contribution in [2.75, 3.05) is 5.32 Å². The highest BCUT2D eigenvalue weighted by molar-refractivity contribution is 5.46. The van der Waals surface area contributed by atoms with Crippen molar-refractivity contribution in [1.82, 2.24) is 0 Å². The lowest BCUT2D eigenvalue weighted by atomic mass is 10.1. The second-order valence-electron chi connectivity index (χ2n) is 3.16. The maximum atomic E-state index is 9.07. The number of aromatic hydroxyl groups is 1. The highest BCUT2D eigenvalue weighted by Gasteiger charge is 2.04. The van der Waals surface area contributed by atoms with Gasteiger partial charge in [0.05, 0.1) is 12.5 Å². The van der Waals surface area contributed by atoms with Gasteiger partial charge < -0.3 is 10.4 Å². The van der Waals surface area contributed by atoms with E-state index < -0.39 is 0 Å². The first kappa shape index (κ1) is 10.4. The minimum absolute atomic E-state index is 0.185. The molecule has 0 radical (unpaired) electrons. The third kappa shape index (κ3) is 2.98. The Balaban J connectivity index is 2.59. The Bertz CT molecular complexity index is 313. The summed E-state index contributed by atoms with van der Waals surface area (Å²) in [6.45, 7) is 2.04. The van der Waals surface area contributed by atoms with Gasteiger partial charge in [-0.15, -0.1) is 0 Å². The molecular formula is C11H14N2O. The minimum Gasteiger partial charge on any atom is -0.508 e. The van der Waals surface area contributed by atoms with Crippen molar-refractivity contribution in [3.05, 3.63) is 24.3 Å². The molecule has 1 aromatic rings. The Morgan fingerprint density at radius 3 is 2.57 bits per heavy atom. The first-order valence-electron chi connectivity index (χ1n) is 4.68. The lowest BCUT2D eigenvalue weighted by molar-refractivity contribution is 0.475. The summed E-state index contributed by atoms with van der Waals surface area (Å²) in [6.07, 6.45) is 1.41. The Hall–Kier alpha value is -1.69. The minimum atomic E-state index is 0.185. The number of nitrogens with zero attached hydrogens (tertiary/aromatic N) is 1. The molecule has 1 unspecified atom stereocenters. The third-order valence-corrected chi connectivity index (χ3v) is 2.07. The number of benzene rings is 1. The van der Waals surface area contributed by atoms with E-state index in [1.54, 1.807) is 24.3 Å². The molecule has 0 saturated heterocycles. The first-order valence-corrected chi connectivity index (χ1v) is 4.68. The molecule has 0 fully saturated rings. The molecule has 0 aliphatic heterocycles. The van der Waals surface area contributed by atoms with Gasteiger partial charge in [-0.05, 0) is 30.7 Å². The quantitative estimate of drug-likeness (QED) is 0.717. The standard InChI is InChI=1S/C11H14N2O/c1-2-9(7-8-12)13-10-3-5-11(14)6-4-10/h3-6,9,13-14H,2,7H2,1H3. The van der Waals surface area contributed by atoms with E-state index in [1.165, 1.54) is 0 Å². The molecule has 0 heterocycles. The second kappa shape index (κ2) is 5.13. The highest BCUT2D eigenvalue weighted by Crippen LogP contribution is 2.15. The number of phenols is 1. The number of phenolic OH excluding ortho intramolecular Hbond substituents is 1. The summed E-state index contributed by atoms with van der Waals surface area (Å²) in [5.41, 5.74) is 0.935. The van der Waals surface area contributed by atoms with Gasteiger partial charge in [0.1, 0.15) is 5.75 Å². The van der Waals surface area contributed by atoms with Crippen LogP contribution in [-0.2, 0) is 0 Å². The number of rotatable bonds is 4. The van der Waals surface area contributed by atoms with E-state index in [-0.39, 0.29) is 11.8 Å². The van der Waals surface area contributed by atoms with Crippen LogP contribution in [0.1, 0.15) is 19.8 Å². The Morgan fingerprint density at radius 1 is 1.43 bits per heavy atom. The monoisotopic (exact) mass is 190 g/mol. The number of nitrogens with one attached hydrogen (secondary N) is 1. The number of hydrogen-bond acceptors (Lipinski definition) is 3. The predicted octanol–water partition coefficient (Wildman–Crippen LogP) is 2.50. The molecule has 0 amide bonds. The Morgan fingerprint density at radius 2 is 2.07 bits per heavy atom. The molecule has 14 heavy (non-hydrogen) atoms. The van der Waals surface area contributed by atoms with Crippen molar-refractivity contribution >= 4 is 5.69 Å². The second-order valence-corrected chi connectivity index (χ2v) is 3.16. The van der Waals surface area contributed by atoms with Crippen LogP contribution in [0.3, 0.4) is 0 Å². The normalized spacial score (nSPS) is 11.7. The molecule has 74 valence electrons. The van der Waals surface area contributed by atoms with E-state index in [0.29, 0.717) is 6.42 Å². The van der Waals surface area contributed by atoms with Crippen LogP contribution in [0.4, 0.5) is 5.69 Å². The lowest BCUT2D eigenvalue weighted by Gasteiger charge is -2.14. The summed E-state index contributed by atoms with van der Waals surface area (Å²) >= 11 is 0. The van der Waals surface area contributed by atoms with Crippen molar-refractivity contribution in [3.8, 4) is 11.8 Å². The fraction of sp³-hybridized carbons (Fsp3) is 0.364. The van der Waals surface area contributed by atoms with Gasteiger partial charge >= 0.3 is 0 Å². The smallest absolute Gasteiger partial charge is 0.115 e. The molecule has 0 saturated carbocycles. The van der Waals surface area contributed by atoms with E-state index >= 15 is 0 Å². The SMILES string of the molecule is CCC(CC#N)Nc1ccc(O)cc1. The molecule has 0 spiro atoms. The van der Waals surface area contributed by atoms with Crippen molar-refractivity contribution in [1.29, 1.82) is 5.26 Å². The number of nitriles is 1. The number of anilines is 1. The third-order valence-electron chi connectivity index (χ3n) is 2.07. The molecule has 0 aromatic heterocycles. The molecule has 1 atom stereocenters. The molecule has 0 aliphatic carbocycles. The summed E-state index contributed by atoms with van der Waals surface area (Å²) in [7, 11) is 0. The average Bonchev–Trinajstić information content (AvgIpc) is 2.20. The van der Waals surface area contributed by atoms with Gasteiger partial charge in [-0.1, -0.05) is 6.92 Å². The fourth-order valence-electron chi connectivity index (χ4n) is 1.20. The zero-order valence-electron chi connectivity index (χ0n) is 8.20. The van der Waals surface area contributed by atoms with Gasteiger partial charge in [0, 0.05) is 11.7 Å². The van der Waals surface area contributed by atoms with Gasteiger partial charge in [0.25, 0.3) is 0 Å². The zero-order chi connectivity index (χ0) is 10.4. The van der Waals surface area contributed by atoms with Crippen LogP contribution in [0, 0.1) is 11.3 Å². The van der Waals surface area contributed by atoms with Gasteiger partial charge in [-0.25, -0.2) is 0 Å². The summed E-state index contributed by atoms with van der Waals surface area (Å²) in [6, 6.07) is 9.18. The maximum absolute atomic E-state index is 9.07. The van der Waals surface area contributed by atoms with E-state index in [2.05, 4.69) is 11.4 Å². The van der Waals surface area contributed by atoms with Gasteiger partial charge in [0.2, 0.25) is 0 Å². The van der Waals surface area contributed by atoms with Crippen LogP contribution in [0.5, 0.6) is 5.75 Å². The predicted molar refractivity (Wildman–Crippen MR) is 56.0 cm³/mol. The van der Waals surface area contributed by atoms with Crippen LogP contribution in [0.2, 0.25) is 0 Å². The lowest BCUT2D eigenvalue weighted by Crippen LogP contribution is -2.17. The van der Waals surface area contributed by atoms with Gasteiger partial charge in [-0.2, -0.15) is 5.26 Å². The van der Waals surface area contributed by atoms with Crippen LogP contribution in [-0.4, -0.2) is 11.1 Å². The maximum Gasteiger partial charge on any atom is 0.115 e. The van der Waals surface area contributed by atoms with Gasteiger partial charge in [-0.3, -0.25) is 0 Å². The molecule has 3 nitrogen and oxygen atoms in total. The summed E-state index contributed by atoms with van der Waals surface area (Å²) in [4.78, 5) is 0. The van der Waals surface area contributed by atoms with Crippen molar-refractivity contribution in [2.24, 2.45) is 0 Å². The summed E-state index contributed by atoms with van der Waals surface area (Å²) < 4.78 is 0. The van der Waals surface area contributed by atoms with Crippen LogP contribution in [0.15, 0.2) is 24.3 Å². The fourth-order valence-corrected chi connectivity index (χ4v) is 1.20. The Kier molecular flexibility index (Phi) is 3.81. The molecule has 2 N–H and O–H groups in total. The van der Waals surface area contributed by atoms with Crippen molar-refractivity contribution < 1.29 is 5.11 Å². The van der Waals surface area contributed by atoms with Crippen LogP contribution in [0.25, 0.3) is 0 Å². The average molecular weight is 190 g/mol.